The largest absolute Gasteiger partial charge is 0.465 e. The summed E-state index contributed by atoms with van der Waals surface area (Å²) in [6.07, 6.45) is 1.64. The first kappa shape index (κ1) is 37.5. The number of likely N-dealkylation sites (tertiary alicyclic amines) is 2. The predicted molar refractivity (Wildman–Crippen MR) is 214 cm³/mol. The standard InChI is InChI=1S/C43H48N8O7/c1-20(2)35(48-42(54)55)40(52)51-31-17-25(31)19-33(51)39-45-28-7-6-8-34(37(28)47-39)58-26-12-9-22(10-13-26)23-11-14-27-29(15-23)46-38(44-27)32-18-24-16-30(24)50(32)41(53)36(21(3)4)49-43(56)57-5/h6-15,20-21,24-25,30-33,35-36,48H,16-19H2,1-5H3,(H,44,46)(H,45,47)(H,49,56)(H,54,55)/t24-,25+,30+,31+,32-,33-,35-,36-/m0/s1. The quantitative estimate of drug-likeness (QED) is 0.0947. The van der Waals surface area contributed by atoms with Crippen molar-refractivity contribution in [2.24, 2.45) is 23.7 Å². The van der Waals surface area contributed by atoms with Crippen molar-refractivity contribution in [1.29, 1.82) is 0 Å². The molecule has 302 valence electrons. The topological polar surface area (TPSA) is 195 Å². The second kappa shape index (κ2) is 14.4. The molecule has 2 aliphatic carbocycles. The third-order valence-electron chi connectivity index (χ3n) is 12.4. The number of ether oxygens (including phenoxy) is 2. The van der Waals surface area contributed by atoms with Crippen molar-refractivity contribution in [2.75, 3.05) is 7.11 Å². The highest BCUT2D eigenvalue weighted by Gasteiger charge is 2.57. The average molecular weight is 789 g/mol. The summed E-state index contributed by atoms with van der Waals surface area (Å²) in [5, 5.41) is 14.6. The SMILES string of the molecule is COC(=O)N[C@H](C(=O)N1[C@@H]2C[C@H]2C[C@H]1c1nc2ccc(-c3ccc(Oc4cccc5[nH]c([C@@H]6C[C@H]7C[C@H]7N6C(=O)[C@@H](NC(=O)O)C(C)C)nc45)cc3)cc2[nH]1)C(C)C. The lowest BCUT2D eigenvalue weighted by Crippen LogP contribution is -2.52. The van der Waals surface area contributed by atoms with E-state index in [2.05, 4.69) is 26.7 Å². The van der Waals surface area contributed by atoms with Gasteiger partial charge in [0.2, 0.25) is 11.8 Å². The van der Waals surface area contributed by atoms with E-state index in [0.717, 1.165) is 59.2 Å². The molecular weight excluding hydrogens is 741 g/mol. The van der Waals surface area contributed by atoms with Gasteiger partial charge in [0.1, 0.15) is 35.0 Å². The van der Waals surface area contributed by atoms with Gasteiger partial charge in [-0.05, 0) is 96.9 Å². The highest BCUT2D eigenvalue weighted by Crippen LogP contribution is 2.55. The van der Waals surface area contributed by atoms with Crippen LogP contribution in [0.25, 0.3) is 33.2 Å². The number of nitrogens with zero attached hydrogens (tertiary/aromatic N) is 4. The number of fused-ring (bicyclic) bond motifs is 4. The second-order valence-corrected chi connectivity index (χ2v) is 16.9. The predicted octanol–water partition coefficient (Wildman–Crippen LogP) is 6.90. The number of aromatic amines is 2. The summed E-state index contributed by atoms with van der Waals surface area (Å²) in [5.74, 6) is 2.78. The molecule has 2 saturated carbocycles. The first-order valence-electron chi connectivity index (χ1n) is 20.1. The molecule has 4 fully saturated rings. The van der Waals surface area contributed by atoms with E-state index in [9.17, 15) is 24.3 Å². The molecule has 5 aromatic rings. The molecular formula is C43H48N8O7. The number of aromatic nitrogens is 4. The molecule has 9 rings (SSSR count). The summed E-state index contributed by atoms with van der Waals surface area (Å²) >= 11 is 0. The van der Waals surface area contributed by atoms with Crippen LogP contribution in [-0.4, -0.2) is 90.1 Å². The summed E-state index contributed by atoms with van der Waals surface area (Å²) in [4.78, 5) is 71.8. The van der Waals surface area contributed by atoms with E-state index in [1.54, 1.807) is 0 Å². The Morgan fingerprint density at radius 2 is 1.33 bits per heavy atom. The lowest BCUT2D eigenvalue weighted by Gasteiger charge is -2.31. The van der Waals surface area contributed by atoms with Crippen LogP contribution in [0.5, 0.6) is 11.5 Å². The Labute approximate surface area is 334 Å². The summed E-state index contributed by atoms with van der Waals surface area (Å²) in [6.45, 7) is 7.51. The number of alkyl carbamates (subject to hydrolysis) is 1. The molecule has 58 heavy (non-hydrogen) atoms. The molecule has 15 nitrogen and oxygen atoms in total. The first-order valence-corrected chi connectivity index (χ1v) is 20.1. The van der Waals surface area contributed by atoms with Crippen molar-refractivity contribution < 1.29 is 33.8 Å². The number of hydrogen-bond acceptors (Lipinski definition) is 8. The Bertz CT molecular complexity index is 2420. The van der Waals surface area contributed by atoms with Crippen LogP contribution in [0.2, 0.25) is 0 Å². The number of H-pyrrole nitrogens is 2. The zero-order valence-electron chi connectivity index (χ0n) is 33.1. The van der Waals surface area contributed by atoms with Gasteiger partial charge in [0.25, 0.3) is 0 Å². The maximum Gasteiger partial charge on any atom is 0.407 e. The molecule has 0 unspecified atom stereocenters. The molecule has 5 N–H and O–H groups in total. The Morgan fingerprint density at radius 1 is 0.741 bits per heavy atom. The molecule has 2 saturated heterocycles. The Hall–Kier alpha value is -6.12. The number of rotatable bonds is 11. The van der Waals surface area contributed by atoms with Crippen LogP contribution in [0.15, 0.2) is 60.7 Å². The third-order valence-corrected chi connectivity index (χ3v) is 12.4. The van der Waals surface area contributed by atoms with Gasteiger partial charge in [-0.3, -0.25) is 9.59 Å². The van der Waals surface area contributed by atoms with Gasteiger partial charge in [-0.15, -0.1) is 0 Å². The number of benzene rings is 3. The van der Waals surface area contributed by atoms with Crippen molar-refractivity contribution >= 4 is 46.1 Å². The number of nitrogens with one attached hydrogen (secondary N) is 4. The molecule has 8 atom stereocenters. The number of hydrogen-bond donors (Lipinski definition) is 5. The van der Waals surface area contributed by atoms with Crippen LogP contribution in [0.3, 0.4) is 0 Å². The number of imidazole rings is 2. The van der Waals surface area contributed by atoms with Gasteiger partial charge in [0.15, 0.2) is 5.75 Å². The number of carbonyl (C=O) groups excluding carboxylic acids is 3. The van der Waals surface area contributed by atoms with Crippen molar-refractivity contribution in [2.45, 2.75) is 89.6 Å². The highest BCUT2D eigenvalue weighted by atomic mass is 16.5. The van der Waals surface area contributed by atoms with E-state index in [1.807, 2.05) is 92.1 Å². The number of amides is 4. The minimum absolute atomic E-state index is 0.0903. The fourth-order valence-electron chi connectivity index (χ4n) is 9.18. The van der Waals surface area contributed by atoms with E-state index in [-0.39, 0.29) is 47.8 Å². The maximum absolute atomic E-state index is 13.9. The van der Waals surface area contributed by atoms with Crippen molar-refractivity contribution in [3.63, 3.8) is 0 Å². The van der Waals surface area contributed by atoms with Gasteiger partial charge in [-0.2, -0.15) is 0 Å². The molecule has 3 aromatic carbocycles. The molecule has 4 aliphatic rings. The van der Waals surface area contributed by atoms with E-state index in [4.69, 9.17) is 19.4 Å². The monoisotopic (exact) mass is 788 g/mol. The lowest BCUT2D eigenvalue weighted by atomic mass is 10.0. The van der Waals surface area contributed by atoms with E-state index >= 15 is 0 Å². The fraction of sp³-hybridized carbons (Fsp3) is 0.442. The molecule has 4 amide bonds. The van der Waals surface area contributed by atoms with E-state index < -0.39 is 24.3 Å². The van der Waals surface area contributed by atoms with Crippen molar-refractivity contribution in [3.8, 4) is 22.6 Å². The number of carbonyl (C=O) groups is 4. The number of para-hydroxylation sites is 1. The van der Waals surface area contributed by atoms with Gasteiger partial charge >= 0.3 is 12.2 Å². The van der Waals surface area contributed by atoms with Crippen LogP contribution in [0.1, 0.15) is 77.1 Å². The Kier molecular flexibility index (Phi) is 9.28. The zero-order chi connectivity index (χ0) is 40.6. The van der Waals surface area contributed by atoms with Crippen LogP contribution in [0, 0.1) is 23.7 Å². The van der Waals surface area contributed by atoms with Gasteiger partial charge in [-0.25, -0.2) is 19.6 Å². The number of methoxy groups -OCH3 is 1. The summed E-state index contributed by atoms with van der Waals surface area (Å²) in [7, 11) is 1.30. The molecule has 15 heteroatoms. The van der Waals surface area contributed by atoms with Crippen LogP contribution < -0.4 is 15.4 Å². The van der Waals surface area contributed by atoms with Crippen molar-refractivity contribution in [1.82, 2.24) is 40.4 Å². The Morgan fingerprint density at radius 3 is 1.93 bits per heavy atom. The number of piperidine rings is 2. The van der Waals surface area contributed by atoms with E-state index in [0.29, 0.717) is 34.7 Å². The summed E-state index contributed by atoms with van der Waals surface area (Å²) in [5.41, 5.74) is 5.09. The molecule has 2 aliphatic heterocycles. The smallest absolute Gasteiger partial charge is 0.407 e. The van der Waals surface area contributed by atoms with Gasteiger partial charge in [0.05, 0.1) is 35.7 Å². The minimum atomic E-state index is -1.21. The maximum atomic E-state index is 13.9. The zero-order valence-corrected chi connectivity index (χ0v) is 33.1. The second-order valence-electron chi connectivity index (χ2n) is 16.9. The van der Waals surface area contributed by atoms with Gasteiger partial charge < -0.3 is 45.0 Å². The minimum Gasteiger partial charge on any atom is -0.465 e. The van der Waals surface area contributed by atoms with Gasteiger partial charge in [-0.1, -0.05) is 52.0 Å². The highest BCUT2D eigenvalue weighted by molar-refractivity contribution is 5.89. The fourth-order valence-corrected chi connectivity index (χ4v) is 9.18. The molecule has 2 aromatic heterocycles. The van der Waals surface area contributed by atoms with Crippen LogP contribution in [0.4, 0.5) is 9.59 Å². The summed E-state index contributed by atoms with van der Waals surface area (Å²) in [6, 6.07) is 17.8. The van der Waals surface area contributed by atoms with Crippen LogP contribution in [-0.2, 0) is 14.3 Å². The molecule has 4 heterocycles. The number of carboxylic acid groups (broad SMARTS) is 1. The third kappa shape index (κ3) is 6.75. The molecule has 0 radical (unpaired) electrons. The molecule has 0 bridgehead atoms. The van der Waals surface area contributed by atoms with E-state index in [1.165, 1.54) is 7.11 Å². The van der Waals surface area contributed by atoms with Crippen LogP contribution >= 0.6 is 0 Å². The van der Waals surface area contributed by atoms with Gasteiger partial charge in [0, 0.05) is 12.1 Å². The van der Waals surface area contributed by atoms with Crippen molar-refractivity contribution in [3.05, 3.63) is 72.3 Å². The average Bonchev–Trinajstić information content (AvgIpc) is 3.85. The normalized spacial score (nSPS) is 24.1. The first-order chi connectivity index (χ1) is 27.9. The lowest BCUT2D eigenvalue weighted by molar-refractivity contribution is -0.137. The Balaban J connectivity index is 0.912. The summed E-state index contributed by atoms with van der Waals surface area (Å²) < 4.78 is 11.2. The molecule has 0 spiro atoms.